The molecular weight excluding hydrogens is 210 g/mol. The molecular formula is C14H25N3. The monoisotopic (exact) mass is 235 g/mol. The highest BCUT2D eigenvalue weighted by molar-refractivity contribution is 5.11. The summed E-state index contributed by atoms with van der Waals surface area (Å²) in [5.74, 6) is 0.934. The first-order chi connectivity index (χ1) is 8.28. The maximum Gasteiger partial charge on any atom is 0.0625 e. The zero-order valence-corrected chi connectivity index (χ0v) is 11.4. The van der Waals surface area contributed by atoms with Gasteiger partial charge in [0.1, 0.15) is 0 Å². The van der Waals surface area contributed by atoms with E-state index in [1.54, 1.807) is 0 Å². The molecule has 3 heteroatoms. The van der Waals surface area contributed by atoms with Gasteiger partial charge in [0.2, 0.25) is 0 Å². The molecule has 2 atom stereocenters. The van der Waals surface area contributed by atoms with E-state index < -0.39 is 0 Å². The average Bonchev–Trinajstić information content (AvgIpc) is 2.95. The lowest BCUT2D eigenvalue weighted by molar-refractivity contribution is 0.553. The van der Waals surface area contributed by atoms with Gasteiger partial charge in [-0.1, -0.05) is 20.3 Å². The Morgan fingerprint density at radius 3 is 2.88 bits per heavy atom. The minimum atomic E-state index is 0.764. The van der Waals surface area contributed by atoms with E-state index >= 15 is 0 Å². The third-order valence-corrected chi connectivity index (χ3v) is 3.70. The zero-order valence-electron chi connectivity index (χ0n) is 11.4. The lowest BCUT2D eigenvalue weighted by Gasteiger charge is -2.06. The largest absolute Gasteiger partial charge is 0.308 e. The van der Waals surface area contributed by atoms with Crippen LogP contribution in [0.4, 0.5) is 0 Å². The maximum atomic E-state index is 4.58. The minimum absolute atomic E-state index is 0.764. The molecule has 2 rings (SSSR count). The Hall–Kier alpha value is -0.830. The standard InChI is InChI=1S/C14H25N3/c1-4-7-11-8-14(11)15-10-13-9-12(5-2)16-17(13)6-3/h9,11,14-15H,4-8,10H2,1-3H3. The molecule has 2 unspecified atom stereocenters. The lowest BCUT2D eigenvalue weighted by Crippen LogP contribution is -2.20. The Labute approximate surface area is 105 Å². The number of rotatable bonds is 7. The Kier molecular flexibility index (Phi) is 4.21. The van der Waals surface area contributed by atoms with Gasteiger partial charge < -0.3 is 5.32 Å². The summed E-state index contributed by atoms with van der Waals surface area (Å²) in [4.78, 5) is 0. The first-order valence-corrected chi connectivity index (χ1v) is 7.07. The first-order valence-electron chi connectivity index (χ1n) is 7.07. The van der Waals surface area contributed by atoms with Crippen molar-refractivity contribution >= 4 is 0 Å². The van der Waals surface area contributed by atoms with Gasteiger partial charge in [0, 0.05) is 19.1 Å². The van der Waals surface area contributed by atoms with Crippen LogP contribution in [0.15, 0.2) is 6.07 Å². The van der Waals surface area contributed by atoms with Crippen LogP contribution in [-0.4, -0.2) is 15.8 Å². The van der Waals surface area contributed by atoms with Gasteiger partial charge in [-0.2, -0.15) is 5.10 Å². The fourth-order valence-electron chi connectivity index (χ4n) is 2.53. The number of hydrogen-bond acceptors (Lipinski definition) is 2. The molecule has 0 saturated heterocycles. The van der Waals surface area contributed by atoms with Crippen LogP contribution in [0.25, 0.3) is 0 Å². The van der Waals surface area contributed by atoms with Crippen LogP contribution in [0, 0.1) is 5.92 Å². The van der Waals surface area contributed by atoms with Crippen molar-refractivity contribution in [2.24, 2.45) is 5.92 Å². The summed E-state index contributed by atoms with van der Waals surface area (Å²) in [6.45, 7) is 8.55. The number of nitrogens with zero attached hydrogens (tertiary/aromatic N) is 2. The molecule has 0 aliphatic heterocycles. The summed E-state index contributed by atoms with van der Waals surface area (Å²) < 4.78 is 2.13. The topological polar surface area (TPSA) is 29.9 Å². The van der Waals surface area contributed by atoms with Gasteiger partial charge in [0.15, 0.2) is 0 Å². The fourth-order valence-corrected chi connectivity index (χ4v) is 2.53. The zero-order chi connectivity index (χ0) is 12.3. The highest BCUT2D eigenvalue weighted by atomic mass is 15.3. The van der Waals surface area contributed by atoms with Crippen LogP contribution in [0.1, 0.15) is 51.4 Å². The van der Waals surface area contributed by atoms with E-state index in [1.165, 1.54) is 30.7 Å². The van der Waals surface area contributed by atoms with Crippen molar-refractivity contribution in [1.82, 2.24) is 15.1 Å². The van der Waals surface area contributed by atoms with Crippen LogP contribution in [0.3, 0.4) is 0 Å². The van der Waals surface area contributed by atoms with Crippen molar-refractivity contribution in [3.8, 4) is 0 Å². The van der Waals surface area contributed by atoms with Crippen molar-refractivity contribution in [1.29, 1.82) is 0 Å². The minimum Gasteiger partial charge on any atom is -0.308 e. The molecule has 1 saturated carbocycles. The molecule has 1 heterocycles. The lowest BCUT2D eigenvalue weighted by atomic mass is 10.2. The molecule has 17 heavy (non-hydrogen) atoms. The summed E-state index contributed by atoms with van der Waals surface area (Å²) in [5.41, 5.74) is 2.55. The van der Waals surface area contributed by atoms with Crippen molar-refractivity contribution in [2.75, 3.05) is 0 Å². The maximum absolute atomic E-state index is 4.58. The molecule has 96 valence electrons. The molecule has 0 spiro atoms. The smallest absolute Gasteiger partial charge is 0.0625 e. The van der Waals surface area contributed by atoms with Gasteiger partial charge in [-0.05, 0) is 38.2 Å². The highest BCUT2D eigenvalue weighted by Crippen LogP contribution is 2.34. The van der Waals surface area contributed by atoms with Crippen molar-refractivity contribution in [3.05, 3.63) is 17.5 Å². The second-order valence-corrected chi connectivity index (χ2v) is 5.07. The quantitative estimate of drug-likeness (QED) is 0.787. The van der Waals surface area contributed by atoms with E-state index in [0.717, 1.165) is 31.5 Å². The van der Waals surface area contributed by atoms with Gasteiger partial charge in [0.05, 0.1) is 11.4 Å². The molecule has 0 bridgehead atoms. The van der Waals surface area contributed by atoms with Crippen molar-refractivity contribution in [2.45, 2.75) is 65.6 Å². The van der Waals surface area contributed by atoms with Crippen LogP contribution in [0.2, 0.25) is 0 Å². The van der Waals surface area contributed by atoms with E-state index in [2.05, 4.69) is 41.9 Å². The second-order valence-electron chi connectivity index (χ2n) is 5.07. The van der Waals surface area contributed by atoms with Gasteiger partial charge in [-0.25, -0.2) is 0 Å². The SMILES string of the molecule is CCCC1CC1NCc1cc(CC)nn1CC. The summed E-state index contributed by atoms with van der Waals surface area (Å²) in [6, 6.07) is 3.01. The van der Waals surface area contributed by atoms with E-state index in [9.17, 15) is 0 Å². The van der Waals surface area contributed by atoms with Crippen LogP contribution in [0.5, 0.6) is 0 Å². The van der Waals surface area contributed by atoms with E-state index in [0.29, 0.717) is 0 Å². The average molecular weight is 235 g/mol. The Balaban J connectivity index is 1.84. The molecule has 1 aromatic rings. The Bertz CT molecular complexity index is 356. The predicted octanol–water partition coefficient (Wildman–Crippen LogP) is 2.74. The van der Waals surface area contributed by atoms with Crippen LogP contribution >= 0.6 is 0 Å². The molecule has 1 aliphatic rings. The van der Waals surface area contributed by atoms with Crippen molar-refractivity contribution in [3.63, 3.8) is 0 Å². The highest BCUT2D eigenvalue weighted by Gasteiger charge is 2.35. The molecule has 1 aromatic heterocycles. The summed E-state index contributed by atoms with van der Waals surface area (Å²) in [5, 5.41) is 8.24. The number of nitrogens with one attached hydrogen (secondary N) is 1. The molecule has 1 aliphatic carbocycles. The Morgan fingerprint density at radius 2 is 2.24 bits per heavy atom. The first kappa shape index (κ1) is 12.6. The Morgan fingerprint density at radius 1 is 1.41 bits per heavy atom. The fraction of sp³-hybridized carbons (Fsp3) is 0.786. The third-order valence-electron chi connectivity index (χ3n) is 3.70. The van der Waals surface area contributed by atoms with Crippen molar-refractivity contribution < 1.29 is 0 Å². The molecule has 1 fully saturated rings. The molecule has 0 radical (unpaired) electrons. The number of aryl methyl sites for hydroxylation is 2. The second kappa shape index (κ2) is 5.67. The van der Waals surface area contributed by atoms with Gasteiger partial charge in [0.25, 0.3) is 0 Å². The van der Waals surface area contributed by atoms with E-state index in [4.69, 9.17) is 0 Å². The normalized spacial score (nSPS) is 23.0. The number of aromatic nitrogens is 2. The molecule has 3 nitrogen and oxygen atoms in total. The molecule has 0 aromatic carbocycles. The predicted molar refractivity (Wildman–Crippen MR) is 70.9 cm³/mol. The summed E-state index contributed by atoms with van der Waals surface area (Å²) >= 11 is 0. The van der Waals surface area contributed by atoms with E-state index in [-0.39, 0.29) is 0 Å². The van der Waals surface area contributed by atoms with Crippen LogP contribution < -0.4 is 5.32 Å². The van der Waals surface area contributed by atoms with Gasteiger partial charge in [-0.15, -0.1) is 0 Å². The molecule has 0 amide bonds. The number of hydrogen-bond donors (Lipinski definition) is 1. The van der Waals surface area contributed by atoms with Crippen LogP contribution in [-0.2, 0) is 19.5 Å². The van der Waals surface area contributed by atoms with E-state index in [1.807, 2.05) is 0 Å². The van der Waals surface area contributed by atoms with Gasteiger partial charge >= 0.3 is 0 Å². The molecule has 1 N–H and O–H groups in total. The summed E-state index contributed by atoms with van der Waals surface area (Å²) in [7, 11) is 0. The third kappa shape index (κ3) is 3.09. The summed E-state index contributed by atoms with van der Waals surface area (Å²) in [6.07, 6.45) is 5.09. The van der Waals surface area contributed by atoms with Gasteiger partial charge in [-0.3, -0.25) is 4.68 Å².